The summed E-state index contributed by atoms with van der Waals surface area (Å²) < 4.78 is 0. The third-order valence-electron chi connectivity index (χ3n) is 2.60. The van der Waals surface area contributed by atoms with Gasteiger partial charge in [0.25, 0.3) is 5.91 Å². The SMILES string of the molecule is NC(=O)/C(=C(/O)C(=O)O)c1ccnc2ccccc12. The number of primary amides is 1. The van der Waals surface area contributed by atoms with Crippen LogP contribution in [0.2, 0.25) is 0 Å². The maximum Gasteiger partial charge on any atom is 0.371 e. The van der Waals surface area contributed by atoms with Crippen LogP contribution in [0.1, 0.15) is 5.56 Å². The van der Waals surface area contributed by atoms with E-state index in [0.29, 0.717) is 10.9 Å². The van der Waals surface area contributed by atoms with E-state index >= 15 is 0 Å². The van der Waals surface area contributed by atoms with Gasteiger partial charge in [0.2, 0.25) is 5.76 Å². The average Bonchev–Trinajstić information content (AvgIpc) is 2.38. The van der Waals surface area contributed by atoms with Crippen LogP contribution in [0, 0.1) is 0 Å². The van der Waals surface area contributed by atoms with Crippen LogP contribution >= 0.6 is 0 Å². The van der Waals surface area contributed by atoms with E-state index in [1.165, 1.54) is 12.3 Å². The van der Waals surface area contributed by atoms with Gasteiger partial charge in [-0.15, -0.1) is 0 Å². The summed E-state index contributed by atoms with van der Waals surface area (Å²) in [7, 11) is 0. The summed E-state index contributed by atoms with van der Waals surface area (Å²) >= 11 is 0. The molecule has 0 bridgehead atoms. The fourth-order valence-electron chi connectivity index (χ4n) is 1.80. The molecule has 0 radical (unpaired) electrons. The lowest BCUT2D eigenvalue weighted by atomic mass is 9.99. The lowest BCUT2D eigenvalue weighted by molar-refractivity contribution is -0.135. The van der Waals surface area contributed by atoms with Crippen molar-refractivity contribution in [3.05, 3.63) is 47.9 Å². The van der Waals surface area contributed by atoms with Crippen LogP contribution in [0.3, 0.4) is 0 Å². The third-order valence-corrected chi connectivity index (χ3v) is 2.60. The number of hydrogen-bond donors (Lipinski definition) is 3. The Morgan fingerprint density at radius 1 is 1.11 bits per heavy atom. The number of nitrogens with zero attached hydrogens (tertiary/aromatic N) is 1. The molecule has 0 saturated heterocycles. The number of hydrogen-bond acceptors (Lipinski definition) is 4. The van der Waals surface area contributed by atoms with Crippen LogP contribution in [-0.4, -0.2) is 27.1 Å². The molecule has 2 rings (SSSR count). The van der Waals surface area contributed by atoms with Crippen molar-refractivity contribution in [2.24, 2.45) is 5.73 Å². The number of carbonyl (C=O) groups excluding carboxylic acids is 1. The minimum absolute atomic E-state index is 0.234. The van der Waals surface area contributed by atoms with Crippen LogP contribution in [0.25, 0.3) is 16.5 Å². The first-order valence-electron chi connectivity index (χ1n) is 5.33. The number of benzene rings is 1. The van der Waals surface area contributed by atoms with Gasteiger partial charge in [-0.25, -0.2) is 4.79 Å². The van der Waals surface area contributed by atoms with E-state index < -0.39 is 23.2 Å². The van der Waals surface area contributed by atoms with Crippen LogP contribution in [0.15, 0.2) is 42.3 Å². The van der Waals surface area contributed by atoms with Crippen molar-refractivity contribution >= 4 is 28.4 Å². The number of nitrogens with two attached hydrogens (primary N) is 1. The molecule has 4 N–H and O–H groups in total. The van der Waals surface area contributed by atoms with Crippen molar-refractivity contribution in [3.8, 4) is 0 Å². The van der Waals surface area contributed by atoms with E-state index in [9.17, 15) is 14.7 Å². The fraction of sp³-hybridized carbons (Fsp3) is 0. The first kappa shape index (κ1) is 12.6. The number of pyridine rings is 1. The maximum atomic E-state index is 11.4. The van der Waals surface area contributed by atoms with E-state index in [0.717, 1.165) is 0 Å². The molecule has 2 aromatic rings. The summed E-state index contributed by atoms with van der Waals surface area (Å²) in [6.07, 6.45) is 1.41. The molecule has 6 heteroatoms. The summed E-state index contributed by atoms with van der Waals surface area (Å²) in [5.74, 6) is -3.71. The number of rotatable bonds is 3. The summed E-state index contributed by atoms with van der Waals surface area (Å²) in [6, 6.07) is 8.26. The largest absolute Gasteiger partial charge is 0.501 e. The number of carboxylic acids is 1. The molecular weight excluding hydrogens is 248 g/mol. The van der Waals surface area contributed by atoms with Crippen molar-refractivity contribution < 1.29 is 19.8 Å². The van der Waals surface area contributed by atoms with Gasteiger partial charge in [-0.05, 0) is 12.1 Å². The second kappa shape index (κ2) is 4.77. The zero-order valence-electron chi connectivity index (χ0n) is 9.70. The predicted molar refractivity (Wildman–Crippen MR) is 68.1 cm³/mol. The fourth-order valence-corrected chi connectivity index (χ4v) is 1.80. The predicted octanol–water partition coefficient (Wildman–Crippen LogP) is 1.07. The Bertz CT molecular complexity index is 701. The van der Waals surface area contributed by atoms with Crippen molar-refractivity contribution in [2.75, 3.05) is 0 Å². The zero-order chi connectivity index (χ0) is 14.0. The van der Waals surface area contributed by atoms with E-state index in [1.54, 1.807) is 24.3 Å². The monoisotopic (exact) mass is 258 g/mol. The standard InChI is InChI=1S/C13H10N2O4/c14-12(17)10(11(16)13(18)19)8-5-6-15-9-4-2-1-3-7(8)9/h1-6,16H,(H2,14,17)(H,18,19)/b11-10+. The van der Waals surface area contributed by atoms with E-state index in [2.05, 4.69) is 4.98 Å². The highest BCUT2D eigenvalue weighted by molar-refractivity contribution is 6.26. The van der Waals surface area contributed by atoms with Crippen molar-refractivity contribution in [1.82, 2.24) is 4.98 Å². The number of aliphatic hydroxyl groups is 1. The molecule has 0 aliphatic heterocycles. The van der Waals surface area contributed by atoms with Crippen LogP contribution in [0.5, 0.6) is 0 Å². The minimum Gasteiger partial charge on any atom is -0.501 e. The van der Waals surface area contributed by atoms with Gasteiger partial charge in [-0.3, -0.25) is 9.78 Å². The van der Waals surface area contributed by atoms with Gasteiger partial charge in [0.05, 0.1) is 11.1 Å². The number of carboxylic acid groups (broad SMARTS) is 1. The molecular formula is C13H10N2O4. The number of fused-ring (bicyclic) bond motifs is 1. The van der Waals surface area contributed by atoms with Gasteiger partial charge < -0.3 is 15.9 Å². The third kappa shape index (κ3) is 2.23. The number of amides is 1. The van der Waals surface area contributed by atoms with Gasteiger partial charge in [0, 0.05) is 17.1 Å². The molecule has 0 saturated carbocycles. The maximum absolute atomic E-state index is 11.4. The molecule has 19 heavy (non-hydrogen) atoms. The average molecular weight is 258 g/mol. The molecule has 6 nitrogen and oxygen atoms in total. The Hall–Kier alpha value is -2.89. The molecule has 96 valence electrons. The number of aliphatic hydroxyl groups excluding tert-OH is 1. The van der Waals surface area contributed by atoms with Crippen molar-refractivity contribution in [1.29, 1.82) is 0 Å². The molecule has 1 aromatic heterocycles. The lowest BCUT2D eigenvalue weighted by Gasteiger charge is -2.08. The van der Waals surface area contributed by atoms with Gasteiger partial charge in [0.1, 0.15) is 0 Å². The topological polar surface area (TPSA) is 114 Å². The normalized spacial score (nSPS) is 12.0. The van der Waals surface area contributed by atoms with Gasteiger partial charge >= 0.3 is 5.97 Å². The molecule has 1 amide bonds. The first-order chi connectivity index (χ1) is 9.02. The second-order valence-electron chi connectivity index (χ2n) is 3.77. The van der Waals surface area contributed by atoms with E-state index in [-0.39, 0.29) is 5.56 Å². The molecule has 0 aliphatic carbocycles. The smallest absolute Gasteiger partial charge is 0.371 e. The molecule has 1 heterocycles. The quantitative estimate of drug-likeness (QED) is 0.563. The number of aliphatic carboxylic acids is 1. The Labute approximate surface area is 107 Å². The van der Waals surface area contributed by atoms with Crippen LogP contribution < -0.4 is 5.73 Å². The highest BCUT2D eigenvalue weighted by atomic mass is 16.4. The zero-order valence-corrected chi connectivity index (χ0v) is 9.70. The first-order valence-corrected chi connectivity index (χ1v) is 5.33. The van der Waals surface area contributed by atoms with Gasteiger partial charge in [0.15, 0.2) is 0 Å². The molecule has 0 unspecified atom stereocenters. The summed E-state index contributed by atoms with van der Waals surface area (Å²) in [5, 5.41) is 18.9. The Kier molecular flexibility index (Phi) is 3.15. The summed E-state index contributed by atoms with van der Waals surface area (Å²) in [4.78, 5) is 26.3. The van der Waals surface area contributed by atoms with Crippen LogP contribution in [-0.2, 0) is 9.59 Å². The van der Waals surface area contributed by atoms with Crippen LogP contribution in [0.4, 0.5) is 0 Å². The number of aromatic nitrogens is 1. The Morgan fingerprint density at radius 2 is 1.79 bits per heavy atom. The van der Waals surface area contributed by atoms with Crippen molar-refractivity contribution in [3.63, 3.8) is 0 Å². The Morgan fingerprint density at radius 3 is 2.42 bits per heavy atom. The minimum atomic E-state index is -1.62. The number of carbonyl (C=O) groups is 2. The lowest BCUT2D eigenvalue weighted by Crippen LogP contribution is -2.18. The second-order valence-corrected chi connectivity index (χ2v) is 3.77. The Balaban J connectivity index is 2.82. The summed E-state index contributed by atoms with van der Waals surface area (Å²) in [6.45, 7) is 0. The number of para-hydroxylation sites is 1. The van der Waals surface area contributed by atoms with Crippen molar-refractivity contribution in [2.45, 2.75) is 0 Å². The highest BCUT2D eigenvalue weighted by Gasteiger charge is 2.21. The van der Waals surface area contributed by atoms with Gasteiger partial charge in [-0.2, -0.15) is 0 Å². The van der Waals surface area contributed by atoms with Gasteiger partial charge in [-0.1, -0.05) is 18.2 Å². The molecule has 1 aromatic carbocycles. The molecule has 0 aliphatic rings. The van der Waals surface area contributed by atoms with E-state index in [4.69, 9.17) is 10.8 Å². The van der Waals surface area contributed by atoms with E-state index in [1.807, 2.05) is 0 Å². The molecule has 0 spiro atoms. The molecule has 0 fully saturated rings. The summed E-state index contributed by atoms with van der Waals surface area (Å²) in [5.41, 5.74) is 5.52. The molecule has 0 atom stereocenters. The highest BCUT2D eigenvalue weighted by Crippen LogP contribution is 2.25.